The highest BCUT2D eigenvalue weighted by atomic mass is 32.2. The van der Waals surface area contributed by atoms with Crippen molar-refractivity contribution in [2.75, 3.05) is 67.8 Å². The van der Waals surface area contributed by atoms with Gasteiger partial charge in [0.1, 0.15) is 40.4 Å². The standard InChI is InChI=1S/C31H42FNO9S.C22H31FN2O5S.C2H3N/c1-31(2,32)20-33(43(36,37)25-11-9-24(39-4)10-12-25)19-27(34)22(17-21-5-7-23(38-3)8-6-21)18-29(35)42-28-14-16-41-30-26(28)13-15-40-30;1-22(2,23)15-25(31(27,28)19-11-9-18(30-4)10-12-19)14-21(26)20(24)13-16-5-7-17(29-3)8-6-16;1-2-3/h5-12,22,26-28,30,34H,13-20H2,1-4H3;5-12,20-21,26H,13-15,24H2,1-4H3;1H3/t22-,26+,27-,28+,30-;20-,21+;/m10./s1. The summed E-state index contributed by atoms with van der Waals surface area (Å²) in [5.41, 5.74) is 4.11. The Bertz CT molecular complexity index is 2690. The Morgan fingerprint density at radius 2 is 1.04 bits per heavy atom. The number of fused-ring (bicyclic) bond motifs is 1. The number of nitrogens with two attached hydrogens (primary N) is 1. The Balaban J connectivity index is 0.000000332. The van der Waals surface area contributed by atoms with Crippen LogP contribution in [-0.2, 0) is 51.9 Å². The highest BCUT2D eigenvalue weighted by Crippen LogP contribution is 2.34. The summed E-state index contributed by atoms with van der Waals surface area (Å²) in [5, 5.41) is 29.5. The topological polar surface area (TPSA) is 247 Å². The summed E-state index contributed by atoms with van der Waals surface area (Å²) in [4.78, 5) is 13.2. The lowest BCUT2D eigenvalue weighted by molar-refractivity contribution is -0.195. The third-order valence-corrected chi connectivity index (χ3v) is 16.2. The second-order valence-corrected chi connectivity index (χ2v) is 23.7. The molecular weight excluding hydrogens is 1040 g/mol. The van der Waals surface area contributed by atoms with Crippen LogP contribution in [0.3, 0.4) is 0 Å². The number of carbonyl (C=O) groups excluding carboxylic acids is 1. The van der Waals surface area contributed by atoms with E-state index in [1.54, 1.807) is 44.6 Å². The molecule has 2 saturated heterocycles. The first-order valence-electron chi connectivity index (χ1n) is 25.0. The Morgan fingerprint density at radius 3 is 1.43 bits per heavy atom. The van der Waals surface area contributed by atoms with Gasteiger partial charge in [0.2, 0.25) is 20.0 Å². The number of sulfonamides is 2. The van der Waals surface area contributed by atoms with E-state index in [9.17, 15) is 40.6 Å². The van der Waals surface area contributed by atoms with Gasteiger partial charge in [-0.15, -0.1) is 0 Å². The van der Waals surface area contributed by atoms with Crippen LogP contribution in [0.4, 0.5) is 8.78 Å². The SMILES string of the molecule is CC#N.COc1ccc(C[C@H](CC(=O)O[C@H]2CCO[C@H]3OCC[C@H]32)[C@H](O)CN(CC(C)(C)F)S(=O)(=O)c2ccc(OC)cc2)cc1.COc1ccc(C[C@H](N)[C@H](O)CN(CC(C)(C)F)S(=O)(=O)c2ccc(OC)cc2)cc1. The number of rotatable bonds is 25. The van der Waals surface area contributed by atoms with Gasteiger partial charge in [0.25, 0.3) is 0 Å². The van der Waals surface area contributed by atoms with Gasteiger partial charge in [-0.3, -0.25) is 4.79 Å². The zero-order valence-electron chi connectivity index (χ0n) is 45.3. The molecule has 0 radical (unpaired) electrons. The van der Waals surface area contributed by atoms with Gasteiger partial charge in [-0.05, 0) is 131 Å². The van der Waals surface area contributed by atoms with E-state index in [1.807, 2.05) is 24.3 Å². The quantitative estimate of drug-likeness (QED) is 0.0588. The highest BCUT2D eigenvalue weighted by Gasteiger charge is 2.42. The van der Waals surface area contributed by atoms with Crippen LogP contribution in [0.2, 0.25) is 0 Å². The van der Waals surface area contributed by atoms with E-state index >= 15 is 0 Å². The average molecular weight is 1120 g/mol. The van der Waals surface area contributed by atoms with Crippen molar-refractivity contribution < 1.29 is 73.8 Å². The van der Waals surface area contributed by atoms with E-state index in [0.29, 0.717) is 49.1 Å². The van der Waals surface area contributed by atoms with E-state index in [1.165, 1.54) is 97.4 Å². The summed E-state index contributed by atoms with van der Waals surface area (Å²) in [6.07, 6.45) is -1.61. The van der Waals surface area contributed by atoms with Crippen LogP contribution in [0.5, 0.6) is 23.0 Å². The van der Waals surface area contributed by atoms with E-state index in [2.05, 4.69) is 0 Å². The molecule has 0 spiro atoms. The lowest BCUT2D eigenvalue weighted by Crippen LogP contribution is -2.49. The third-order valence-electron chi connectivity index (χ3n) is 12.6. The molecular formula is C55H76F2N4O14S2. The first-order chi connectivity index (χ1) is 36.3. The number of hydrogen-bond donors (Lipinski definition) is 3. The molecule has 2 heterocycles. The van der Waals surface area contributed by atoms with Crippen LogP contribution in [-0.4, -0.2) is 151 Å². The molecule has 426 valence electrons. The predicted octanol–water partition coefficient (Wildman–Crippen LogP) is 6.65. The maximum atomic E-state index is 14.9. The molecule has 0 bridgehead atoms. The van der Waals surface area contributed by atoms with Crippen LogP contribution >= 0.6 is 0 Å². The summed E-state index contributed by atoms with van der Waals surface area (Å²) >= 11 is 0. The van der Waals surface area contributed by atoms with E-state index < -0.39 is 87.4 Å². The smallest absolute Gasteiger partial charge is 0.306 e. The minimum Gasteiger partial charge on any atom is -0.497 e. The summed E-state index contributed by atoms with van der Waals surface area (Å²) in [6.45, 7) is 5.81. The largest absolute Gasteiger partial charge is 0.497 e. The van der Waals surface area contributed by atoms with Crippen molar-refractivity contribution in [2.24, 2.45) is 17.6 Å². The van der Waals surface area contributed by atoms with Gasteiger partial charge in [0.15, 0.2) is 6.29 Å². The number of hydrogen-bond acceptors (Lipinski definition) is 16. The van der Waals surface area contributed by atoms with Crippen LogP contribution in [0.15, 0.2) is 107 Å². The van der Waals surface area contributed by atoms with Gasteiger partial charge in [-0.25, -0.2) is 25.6 Å². The molecule has 2 aliphatic rings. The molecule has 18 nitrogen and oxygen atoms in total. The second-order valence-electron chi connectivity index (χ2n) is 19.9. The fraction of sp³-hybridized carbons (Fsp3) is 0.527. The molecule has 6 rings (SSSR count). The Hall–Kier alpha value is -5.48. The molecule has 77 heavy (non-hydrogen) atoms. The Kier molecular flexibility index (Phi) is 24.5. The summed E-state index contributed by atoms with van der Waals surface area (Å²) in [6, 6.07) is 26.9. The number of alkyl halides is 2. The van der Waals surface area contributed by atoms with E-state index in [0.717, 1.165) is 26.2 Å². The molecule has 22 heteroatoms. The normalized spacial score (nSPS) is 18.2. The number of methoxy groups -OCH3 is 4. The lowest BCUT2D eigenvalue weighted by Gasteiger charge is -2.33. The van der Waals surface area contributed by atoms with Crippen molar-refractivity contribution >= 4 is 26.0 Å². The number of halogens is 2. The van der Waals surface area contributed by atoms with E-state index in [-0.39, 0.29) is 41.2 Å². The lowest BCUT2D eigenvalue weighted by atomic mass is 9.90. The van der Waals surface area contributed by atoms with Crippen molar-refractivity contribution in [1.82, 2.24) is 8.61 Å². The number of esters is 1. The molecule has 0 unspecified atom stereocenters. The minimum absolute atomic E-state index is 0.0199. The third kappa shape index (κ3) is 20.0. The number of nitrogens with zero attached hydrogens (tertiary/aromatic N) is 3. The van der Waals surface area contributed by atoms with Gasteiger partial charge < -0.3 is 49.1 Å². The minimum atomic E-state index is -4.21. The molecule has 4 aromatic rings. The number of benzene rings is 4. The zero-order valence-corrected chi connectivity index (χ0v) is 47.0. The fourth-order valence-electron chi connectivity index (χ4n) is 8.61. The van der Waals surface area contributed by atoms with Crippen molar-refractivity contribution in [3.8, 4) is 29.1 Å². The molecule has 4 aromatic carbocycles. The molecule has 0 aromatic heterocycles. The second kappa shape index (κ2) is 29.5. The Labute approximate surface area is 453 Å². The number of carbonyl (C=O) groups is 1. The number of aliphatic hydroxyl groups is 2. The molecule has 2 fully saturated rings. The molecule has 7 atom stereocenters. The number of aliphatic hydroxyl groups excluding tert-OH is 2. The maximum Gasteiger partial charge on any atom is 0.306 e. The van der Waals surface area contributed by atoms with Crippen molar-refractivity contribution in [3.05, 3.63) is 108 Å². The first kappa shape index (κ1) is 64.0. The average Bonchev–Trinajstić information content (AvgIpc) is 3.88. The molecule has 2 aliphatic heterocycles. The van der Waals surface area contributed by atoms with Crippen molar-refractivity contribution in [3.63, 3.8) is 0 Å². The Morgan fingerprint density at radius 1 is 0.675 bits per heavy atom. The molecule has 0 amide bonds. The van der Waals surface area contributed by atoms with Crippen LogP contribution in [0, 0.1) is 23.2 Å². The van der Waals surface area contributed by atoms with Crippen molar-refractivity contribution in [1.29, 1.82) is 5.26 Å². The van der Waals surface area contributed by atoms with E-state index in [4.69, 9.17) is 44.2 Å². The van der Waals surface area contributed by atoms with Crippen molar-refractivity contribution in [2.45, 2.75) is 118 Å². The van der Waals surface area contributed by atoms with Crippen LogP contribution < -0.4 is 24.7 Å². The number of ether oxygens (including phenoxy) is 7. The monoisotopic (exact) mass is 1120 g/mol. The highest BCUT2D eigenvalue weighted by molar-refractivity contribution is 7.89. The predicted molar refractivity (Wildman–Crippen MR) is 285 cm³/mol. The van der Waals surface area contributed by atoms with Gasteiger partial charge in [0.05, 0.1) is 76.1 Å². The fourth-order valence-corrected chi connectivity index (χ4v) is 11.8. The molecule has 0 saturated carbocycles. The van der Waals surface area contributed by atoms with Crippen LogP contribution in [0.1, 0.15) is 65.0 Å². The summed E-state index contributed by atoms with van der Waals surface area (Å²) in [7, 11) is -2.22. The molecule has 0 aliphatic carbocycles. The molecule has 4 N–H and O–H groups in total. The summed E-state index contributed by atoms with van der Waals surface area (Å²) in [5.74, 6) is 1.01. The zero-order chi connectivity index (χ0) is 57.1. The maximum absolute atomic E-state index is 14.9. The summed E-state index contributed by atoms with van der Waals surface area (Å²) < 4.78 is 122. The first-order valence-corrected chi connectivity index (χ1v) is 27.9. The van der Waals surface area contributed by atoms with Crippen LogP contribution in [0.25, 0.3) is 0 Å². The van der Waals surface area contributed by atoms with Gasteiger partial charge in [-0.1, -0.05) is 24.3 Å². The number of nitriles is 1. The van der Waals surface area contributed by atoms with Gasteiger partial charge >= 0.3 is 5.97 Å². The van der Waals surface area contributed by atoms with Gasteiger partial charge in [0, 0.05) is 57.4 Å². The van der Waals surface area contributed by atoms with Gasteiger partial charge in [-0.2, -0.15) is 13.9 Å².